The Morgan fingerprint density at radius 1 is 0.419 bits per heavy atom. The molecule has 0 N–H and O–H groups in total. The summed E-state index contributed by atoms with van der Waals surface area (Å²) in [7, 11) is 2.11. The van der Waals surface area contributed by atoms with E-state index in [1.165, 1.54) is 60.5 Å². The summed E-state index contributed by atoms with van der Waals surface area (Å²) in [5.41, 5.74) is 10.8. The van der Waals surface area contributed by atoms with Gasteiger partial charge in [0.2, 0.25) is 0 Å². The quantitative estimate of drug-likeness (QED) is 0.207. The number of nitrogens with zero attached hydrogens (tertiary/aromatic N) is 2. The second-order valence-corrected chi connectivity index (χ2v) is 11.1. The van der Waals surface area contributed by atoms with Crippen molar-refractivity contribution in [1.29, 1.82) is 0 Å². The molecule has 0 aliphatic heterocycles. The lowest BCUT2D eigenvalue weighted by Crippen LogP contribution is -2.08. The van der Waals surface area contributed by atoms with Crippen molar-refractivity contribution in [3.63, 3.8) is 0 Å². The van der Waals surface area contributed by atoms with Crippen LogP contribution in [0.25, 0.3) is 60.5 Å². The highest BCUT2D eigenvalue weighted by molar-refractivity contribution is 6.21. The van der Waals surface area contributed by atoms with Gasteiger partial charge in [0.15, 0.2) is 0 Å². The molecule has 2 heteroatoms. The van der Waals surface area contributed by atoms with E-state index in [9.17, 15) is 0 Å². The Morgan fingerprint density at radius 3 is 1.84 bits per heavy atom. The van der Waals surface area contributed by atoms with E-state index in [-0.39, 0.29) is 0 Å². The van der Waals surface area contributed by atoms with Crippen molar-refractivity contribution in [2.24, 2.45) is 0 Å². The molecule has 0 amide bonds. The number of para-hydroxylation sites is 1. The minimum Gasteiger partial charge on any atom is -0.345 e. The first-order valence-electron chi connectivity index (χ1n) is 14.8. The number of anilines is 2. The first-order chi connectivity index (χ1) is 21.2. The smallest absolute Gasteiger partial charge is 0.0547 e. The Labute approximate surface area is 251 Å². The molecule has 0 saturated heterocycles. The molecule has 7 aromatic carbocycles. The maximum absolute atomic E-state index is 2.42. The number of aromatic nitrogens is 1. The normalized spacial score (nSPS) is 11.4. The molecule has 8 rings (SSSR count). The van der Waals surface area contributed by atoms with Gasteiger partial charge in [0.05, 0.1) is 11.0 Å². The van der Waals surface area contributed by atoms with Gasteiger partial charge in [-0.1, -0.05) is 109 Å². The van der Waals surface area contributed by atoms with E-state index in [2.05, 4.69) is 180 Å². The van der Waals surface area contributed by atoms with Gasteiger partial charge in [0.1, 0.15) is 0 Å². The number of rotatable bonds is 5. The lowest BCUT2D eigenvalue weighted by atomic mass is 10.00. The van der Waals surface area contributed by atoms with Crippen molar-refractivity contribution in [1.82, 2.24) is 4.57 Å². The maximum atomic E-state index is 2.42. The summed E-state index contributed by atoms with van der Waals surface area (Å²) in [4.78, 5) is 2.22. The van der Waals surface area contributed by atoms with Gasteiger partial charge in [0.25, 0.3) is 0 Å². The van der Waals surface area contributed by atoms with E-state index in [4.69, 9.17) is 0 Å². The zero-order chi connectivity index (χ0) is 28.8. The molecule has 0 fully saturated rings. The highest BCUT2D eigenvalue weighted by Crippen LogP contribution is 2.39. The number of hydrogen-bond acceptors (Lipinski definition) is 1. The van der Waals surface area contributed by atoms with Crippen LogP contribution < -0.4 is 4.90 Å². The van der Waals surface area contributed by atoms with Crippen LogP contribution in [0.1, 0.15) is 0 Å². The van der Waals surface area contributed by atoms with E-state index in [0.717, 1.165) is 11.4 Å². The lowest BCUT2D eigenvalue weighted by Gasteiger charge is -2.19. The van der Waals surface area contributed by atoms with Crippen LogP contribution in [-0.2, 0) is 0 Å². The summed E-state index contributed by atoms with van der Waals surface area (Å²) in [6, 6.07) is 59.0. The van der Waals surface area contributed by atoms with Gasteiger partial charge in [-0.3, -0.25) is 0 Å². The molecular formula is C41H30N2. The fraction of sp³-hybridized carbons (Fsp3) is 0.0244. The minimum absolute atomic E-state index is 1.16. The largest absolute Gasteiger partial charge is 0.345 e. The van der Waals surface area contributed by atoms with Crippen LogP contribution >= 0.6 is 0 Å². The van der Waals surface area contributed by atoms with Gasteiger partial charge in [-0.2, -0.15) is 0 Å². The Bertz CT molecular complexity index is 2230. The van der Waals surface area contributed by atoms with Crippen molar-refractivity contribution in [2.45, 2.75) is 0 Å². The molecular weight excluding hydrogens is 520 g/mol. The lowest BCUT2D eigenvalue weighted by molar-refractivity contribution is 1.18. The predicted octanol–water partition coefficient (Wildman–Crippen LogP) is 11.0. The van der Waals surface area contributed by atoms with Crippen molar-refractivity contribution >= 4 is 44.0 Å². The highest BCUT2D eigenvalue weighted by Gasteiger charge is 2.16. The van der Waals surface area contributed by atoms with Crippen LogP contribution in [0.4, 0.5) is 11.4 Å². The standard InChI is InChI=1S/C41H30N2/c1-42(34-15-6-3-7-16-34)35-23-19-30(20-24-35)33-22-25-39-38(28-33)41-37-18-9-8-13-31(37)21-26-40(41)43(39)36-17-10-14-32(27-36)29-11-4-2-5-12-29/h2-28H,1H3. The van der Waals surface area contributed by atoms with E-state index in [0.29, 0.717) is 0 Å². The second-order valence-electron chi connectivity index (χ2n) is 11.1. The van der Waals surface area contributed by atoms with Gasteiger partial charge in [-0.25, -0.2) is 0 Å². The number of benzene rings is 7. The summed E-state index contributed by atoms with van der Waals surface area (Å²) >= 11 is 0. The SMILES string of the molecule is CN(c1ccccc1)c1ccc(-c2ccc3c(c2)c2c4ccccc4ccc2n3-c2cccc(-c3ccccc3)c2)cc1. The fourth-order valence-electron chi connectivity index (χ4n) is 6.38. The Kier molecular flexibility index (Phi) is 6.05. The third-order valence-corrected chi connectivity index (χ3v) is 8.60. The first-order valence-corrected chi connectivity index (χ1v) is 14.8. The van der Waals surface area contributed by atoms with Gasteiger partial charge < -0.3 is 9.47 Å². The molecule has 0 radical (unpaired) electrons. The van der Waals surface area contributed by atoms with E-state index in [1.54, 1.807) is 0 Å². The second kappa shape index (κ2) is 10.3. The van der Waals surface area contributed by atoms with Crippen molar-refractivity contribution in [2.75, 3.05) is 11.9 Å². The first kappa shape index (κ1) is 25.1. The zero-order valence-corrected chi connectivity index (χ0v) is 24.0. The average molecular weight is 551 g/mol. The molecule has 0 unspecified atom stereocenters. The predicted molar refractivity (Wildman–Crippen MR) is 184 cm³/mol. The summed E-state index contributed by atoms with van der Waals surface area (Å²) in [6.45, 7) is 0. The van der Waals surface area contributed by atoms with Crippen molar-refractivity contribution in [3.05, 3.63) is 164 Å². The molecule has 1 aromatic heterocycles. The molecule has 204 valence electrons. The van der Waals surface area contributed by atoms with Crippen LogP contribution in [-0.4, -0.2) is 11.6 Å². The molecule has 0 spiro atoms. The van der Waals surface area contributed by atoms with Gasteiger partial charge in [-0.15, -0.1) is 0 Å². The van der Waals surface area contributed by atoms with Crippen LogP contribution in [0.3, 0.4) is 0 Å². The summed E-state index contributed by atoms with van der Waals surface area (Å²) in [5.74, 6) is 0. The molecule has 0 saturated carbocycles. The number of hydrogen-bond donors (Lipinski definition) is 0. The van der Waals surface area contributed by atoms with E-state index in [1.807, 2.05) is 0 Å². The maximum Gasteiger partial charge on any atom is 0.0547 e. The van der Waals surface area contributed by atoms with Gasteiger partial charge in [-0.05, 0) is 87.6 Å². The van der Waals surface area contributed by atoms with Crippen LogP contribution in [0.2, 0.25) is 0 Å². The number of fused-ring (bicyclic) bond motifs is 5. The zero-order valence-electron chi connectivity index (χ0n) is 24.0. The van der Waals surface area contributed by atoms with Crippen LogP contribution in [0, 0.1) is 0 Å². The van der Waals surface area contributed by atoms with Crippen molar-refractivity contribution < 1.29 is 0 Å². The molecule has 2 nitrogen and oxygen atoms in total. The Morgan fingerprint density at radius 2 is 1.02 bits per heavy atom. The Hall–Kier alpha value is -5.60. The highest BCUT2D eigenvalue weighted by atomic mass is 15.1. The summed E-state index contributed by atoms with van der Waals surface area (Å²) in [5, 5.41) is 5.09. The molecule has 8 aromatic rings. The van der Waals surface area contributed by atoms with Crippen LogP contribution in [0.15, 0.2) is 164 Å². The molecule has 1 heterocycles. The topological polar surface area (TPSA) is 8.17 Å². The van der Waals surface area contributed by atoms with E-state index >= 15 is 0 Å². The Balaban J connectivity index is 1.30. The monoisotopic (exact) mass is 550 g/mol. The molecule has 0 atom stereocenters. The molecule has 0 bridgehead atoms. The summed E-state index contributed by atoms with van der Waals surface area (Å²) < 4.78 is 2.42. The van der Waals surface area contributed by atoms with Gasteiger partial charge in [0, 0.05) is 34.9 Å². The average Bonchev–Trinajstić information content (AvgIpc) is 3.43. The third kappa shape index (κ3) is 4.36. The molecule has 0 aliphatic rings. The molecule has 0 aliphatic carbocycles. The minimum atomic E-state index is 1.16. The third-order valence-electron chi connectivity index (χ3n) is 8.60. The van der Waals surface area contributed by atoms with Gasteiger partial charge >= 0.3 is 0 Å². The fourth-order valence-corrected chi connectivity index (χ4v) is 6.38. The summed E-state index contributed by atoms with van der Waals surface area (Å²) in [6.07, 6.45) is 0. The van der Waals surface area contributed by atoms with Crippen molar-refractivity contribution in [3.8, 4) is 27.9 Å². The van der Waals surface area contributed by atoms with Crippen LogP contribution in [0.5, 0.6) is 0 Å². The molecule has 43 heavy (non-hydrogen) atoms. The van der Waals surface area contributed by atoms with E-state index < -0.39 is 0 Å².